The second-order valence-corrected chi connectivity index (χ2v) is 6.17. The van der Waals surface area contributed by atoms with Gasteiger partial charge in [-0.15, -0.1) is 0 Å². The average Bonchev–Trinajstić information content (AvgIpc) is 2.28. The van der Waals surface area contributed by atoms with Crippen LogP contribution in [0.2, 0.25) is 0 Å². The van der Waals surface area contributed by atoms with Gasteiger partial charge in [-0.1, -0.05) is 22.6 Å². The zero-order valence-corrected chi connectivity index (χ0v) is 10.9. The highest BCUT2D eigenvalue weighted by Gasteiger charge is 2.33. The zero-order valence-electron chi connectivity index (χ0n) is 8.79. The van der Waals surface area contributed by atoms with Gasteiger partial charge < -0.3 is 15.4 Å². The van der Waals surface area contributed by atoms with E-state index >= 15 is 0 Å². The van der Waals surface area contributed by atoms with E-state index in [2.05, 4.69) is 22.6 Å². The molecule has 2 unspecified atom stereocenters. The molecule has 0 aromatic carbocycles. The van der Waals surface area contributed by atoms with Crippen molar-refractivity contribution in [3.8, 4) is 0 Å². The van der Waals surface area contributed by atoms with Crippen molar-refractivity contribution in [2.45, 2.75) is 36.3 Å². The maximum atomic E-state index is 11.6. The first-order valence-corrected chi connectivity index (χ1v) is 5.92. The van der Waals surface area contributed by atoms with Crippen molar-refractivity contribution in [1.82, 2.24) is 4.90 Å². The summed E-state index contributed by atoms with van der Waals surface area (Å²) in [6, 6.07) is 0.0723. The highest BCUT2D eigenvalue weighted by molar-refractivity contribution is 14.1. The Morgan fingerprint density at radius 1 is 1.50 bits per heavy atom. The fraction of sp³-hybridized carbons (Fsp3) is 0.889. The van der Waals surface area contributed by atoms with E-state index in [1.807, 2.05) is 20.8 Å². The standard InChI is InChI=1S/C9H17IN2O2/c1-9(2,3)14-8(13)12-4-6(10)7(11)5-12/h6-7H,4-5,11H2,1-3H3. The Bertz CT molecular complexity index is 217. The molecule has 1 heterocycles. The summed E-state index contributed by atoms with van der Waals surface area (Å²) in [5, 5.41) is 0. The molecular formula is C9H17IN2O2. The molecular weight excluding hydrogens is 295 g/mol. The largest absolute Gasteiger partial charge is 0.444 e. The van der Waals surface area contributed by atoms with Crippen molar-refractivity contribution in [2.24, 2.45) is 5.73 Å². The maximum absolute atomic E-state index is 11.6. The summed E-state index contributed by atoms with van der Waals surface area (Å²) in [5.41, 5.74) is 5.39. The molecule has 5 heteroatoms. The number of likely N-dealkylation sites (tertiary alicyclic amines) is 1. The predicted molar refractivity (Wildman–Crippen MR) is 63.6 cm³/mol. The van der Waals surface area contributed by atoms with Crippen molar-refractivity contribution in [1.29, 1.82) is 0 Å². The molecule has 1 rings (SSSR count). The quantitative estimate of drug-likeness (QED) is 0.543. The molecule has 0 radical (unpaired) electrons. The first-order chi connectivity index (χ1) is 6.29. The Morgan fingerprint density at radius 3 is 2.43 bits per heavy atom. The second kappa shape index (κ2) is 4.22. The van der Waals surface area contributed by atoms with E-state index in [0.29, 0.717) is 17.0 Å². The Balaban J connectivity index is 2.48. The average molecular weight is 312 g/mol. The lowest BCUT2D eigenvalue weighted by Gasteiger charge is -2.24. The number of carbonyl (C=O) groups is 1. The van der Waals surface area contributed by atoms with Crippen molar-refractivity contribution >= 4 is 28.7 Å². The molecule has 0 spiro atoms. The van der Waals surface area contributed by atoms with Crippen LogP contribution in [0.1, 0.15) is 20.8 Å². The summed E-state index contributed by atoms with van der Waals surface area (Å²) in [6.07, 6.45) is -0.257. The number of nitrogens with two attached hydrogens (primary N) is 1. The van der Waals surface area contributed by atoms with E-state index in [9.17, 15) is 4.79 Å². The molecule has 1 amide bonds. The lowest BCUT2D eigenvalue weighted by molar-refractivity contribution is 0.0293. The second-order valence-electron chi connectivity index (χ2n) is 4.57. The molecule has 1 fully saturated rings. The Labute approximate surface area is 98.3 Å². The summed E-state index contributed by atoms with van der Waals surface area (Å²) in [4.78, 5) is 13.3. The summed E-state index contributed by atoms with van der Waals surface area (Å²) in [7, 11) is 0. The minimum absolute atomic E-state index is 0.0723. The fourth-order valence-electron chi connectivity index (χ4n) is 1.26. The van der Waals surface area contributed by atoms with Crippen LogP contribution in [0, 0.1) is 0 Å². The van der Waals surface area contributed by atoms with Gasteiger partial charge >= 0.3 is 6.09 Å². The number of hydrogen-bond donors (Lipinski definition) is 1. The summed E-state index contributed by atoms with van der Waals surface area (Å²) >= 11 is 2.27. The number of nitrogens with zero attached hydrogens (tertiary/aromatic N) is 1. The molecule has 2 N–H and O–H groups in total. The third-order valence-electron chi connectivity index (χ3n) is 1.94. The summed E-state index contributed by atoms with van der Waals surface area (Å²) in [6.45, 7) is 6.88. The molecule has 0 aliphatic carbocycles. The smallest absolute Gasteiger partial charge is 0.410 e. The number of hydrogen-bond acceptors (Lipinski definition) is 3. The minimum atomic E-state index is -0.426. The van der Waals surface area contributed by atoms with Gasteiger partial charge in [0, 0.05) is 23.1 Å². The molecule has 14 heavy (non-hydrogen) atoms. The van der Waals surface area contributed by atoms with Gasteiger partial charge in [0.1, 0.15) is 5.60 Å². The predicted octanol–water partition coefficient (Wildman–Crippen LogP) is 1.37. The summed E-state index contributed by atoms with van der Waals surface area (Å²) in [5.74, 6) is 0. The van der Waals surface area contributed by atoms with Gasteiger partial charge in [-0.3, -0.25) is 0 Å². The fourth-order valence-corrected chi connectivity index (χ4v) is 1.97. The van der Waals surface area contributed by atoms with E-state index in [1.54, 1.807) is 4.90 Å². The van der Waals surface area contributed by atoms with E-state index in [4.69, 9.17) is 10.5 Å². The minimum Gasteiger partial charge on any atom is -0.444 e. The van der Waals surface area contributed by atoms with Crippen LogP contribution >= 0.6 is 22.6 Å². The molecule has 0 aromatic rings. The molecule has 2 atom stereocenters. The lowest BCUT2D eigenvalue weighted by Crippen LogP contribution is -2.36. The van der Waals surface area contributed by atoms with Crippen molar-refractivity contribution in [3.63, 3.8) is 0 Å². The van der Waals surface area contributed by atoms with Crippen LogP contribution in [0.4, 0.5) is 4.79 Å². The monoisotopic (exact) mass is 312 g/mol. The molecule has 0 bridgehead atoms. The topological polar surface area (TPSA) is 55.6 Å². The number of rotatable bonds is 0. The number of ether oxygens (including phenoxy) is 1. The number of alkyl halides is 1. The number of carbonyl (C=O) groups excluding carboxylic acids is 1. The zero-order chi connectivity index (χ0) is 10.9. The Kier molecular flexibility index (Phi) is 3.63. The normalized spacial score (nSPS) is 27.9. The molecule has 1 aliphatic rings. The van der Waals surface area contributed by atoms with Gasteiger partial charge in [0.15, 0.2) is 0 Å². The van der Waals surface area contributed by atoms with Gasteiger partial charge in [0.05, 0.1) is 0 Å². The lowest BCUT2D eigenvalue weighted by atomic mass is 10.2. The van der Waals surface area contributed by atoms with Gasteiger partial charge in [-0.05, 0) is 20.8 Å². The molecule has 0 aromatic heterocycles. The van der Waals surface area contributed by atoms with Crippen molar-refractivity contribution in [2.75, 3.05) is 13.1 Å². The number of amides is 1. The SMILES string of the molecule is CC(C)(C)OC(=O)N1CC(N)C(I)C1. The van der Waals surface area contributed by atoms with Gasteiger partial charge in [-0.25, -0.2) is 4.79 Å². The molecule has 4 nitrogen and oxygen atoms in total. The third-order valence-corrected chi connectivity index (χ3v) is 3.26. The van der Waals surface area contributed by atoms with Crippen molar-refractivity contribution in [3.05, 3.63) is 0 Å². The van der Waals surface area contributed by atoms with Crippen molar-refractivity contribution < 1.29 is 9.53 Å². The van der Waals surface area contributed by atoms with E-state index < -0.39 is 5.60 Å². The van der Waals surface area contributed by atoms with Crippen LogP contribution in [0.5, 0.6) is 0 Å². The van der Waals surface area contributed by atoms with Crippen LogP contribution in [0.25, 0.3) is 0 Å². The Hall–Kier alpha value is -0.0400. The highest BCUT2D eigenvalue weighted by Crippen LogP contribution is 2.19. The number of halogens is 1. The summed E-state index contributed by atoms with van der Waals surface area (Å²) < 4.78 is 5.58. The molecule has 1 saturated heterocycles. The first-order valence-electron chi connectivity index (χ1n) is 4.67. The first kappa shape index (κ1) is 12.0. The van der Waals surface area contributed by atoms with E-state index in [-0.39, 0.29) is 12.1 Å². The van der Waals surface area contributed by atoms with Crippen LogP contribution in [0.3, 0.4) is 0 Å². The van der Waals surface area contributed by atoms with Crippen LogP contribution in [-0.2, 0) is 4.74 Å². The maximum Gasteiger partial charge on any atom is 0.410 e. The Morgan fingerprint density at radius 2 is 2.07 bits per heavy atom. The molecule has 1 aliphatic heterocycles. The van der Waals surface area contributed by atoms with Crippen LogP contribution in [0.15, 0.2) is 0 Å². The van der Waals surface area contributed by atoms with E-state index in [0.717, 1.165) is 0 Å². The van der Waals surface area contributed by atoms with Gasteiger partial charge in [-0.2, -0.15) is 0 Å². The molecule has 82 valence electrons. The van der Waals surface area contributed by atoms with Gasteiger partial charge in [0.25, 0.3) is 0 Å². The van der Waals surface area contributed by atoms with Gasteiger partial charge in [0.2, 0.25) is 0 Å². The van der Waals surface area contributed by atoms with Crippen LogP contribution in [-0.4, -0.2) is 39.7 Å². The van der Waals surface area contributed by atoms with E-state index in [1.165, 1.54) is 0 Å². The molecule has 0 saturated carbocycles. The third kappa shape index (κ3) is 3.27. The van der Waals surface area contributed by atoms with Crippen LogP contribution < -0.4 is 5.73 Å². The highest BCUT2D eigenvalue weighted by atomic mass is 127.